The van der Waals surface area contributed by atoms with E-state index in [9.17, 15) is 39.5 Å². The summed E-state index contributed by atoms with van der Waals surface area (Å²) in [5.74, 6) is 0. The van der Waals surface area contributed by atoms with Crippen LogP contribution in [-0.4, -0.2) is 113 Å². The van der Waals surface area contributed by atoms with Crippen molar-refractivity contribution in [2.75, 3.05) is 39.6 Å². The van der Waals surface area contributed by atoms with Crippen molar-refractivity contribution in [3.05, 3.63) is 0 Å². The number of halogens is 9. The van der Waals surface area contributed by atoms with Gasteiger partial charge in [-0.1, -0.05) is 0 Å². The molecule has 2 saturated heterocycles. The third kappa shape index (κ3) is 22.4. The maximum absolute atomic E-state index is 13.7. The van der Waals surface area contributed by atoms with Gasteiger partial charge in [-0.05, 0) is 88.9 Å². The number of hydrogen-bond acceptors (Lipinski definition) is 8. The van der Waals surface area contributed by atoms with Crippen molar-refractivity contribution in [2.45, 2.75) is 139 Å². The van der Waals surface area contributed by atoms with E-state index in [0.717, 1.165) is 0 Å². The summed E-state index contributed by atoms with van der Waals surface area (Å²) in [7, 11) is -17.8. The fraction of sp³-hybridized carbons (Fsp3) is 1.00. The molecule has 22 heteroatoms. The first-order valence-corrected chi connectivity index (χ1v) is 30.8. The van der Waals surface area contributed by atoms with Gasteiger partial charge < -0.3 is 35.4 Å². The van der Waals surface area contributed by atoms with Gasteiger partial charge in [-0.2, -0.15) is 39.5 Å². The van der Waals surface area contributed by atoms with Gasteiger partial charge in [-0.15, -0.1) is 0 Å². The molecule has 4 atom stereocenters. The van der Waals surface area contributed by atoms with Gasteiger partial charge in [0.25, 0.3) is 0 Å². The Bertz CT molecular complexity index is 951. The summed E-state index contributed by atoms with van der Waals surface area (Å²) in [6, 6.07) is -1.04. The lowest BCUT2D eigenvalue weighted by Crippen LogP contribution is -2.62. The van der Waals surface area contributed by atoms with Crippen molar-refractivity contribution >= 4 is 42.3 Å². The summed E-state index contributed by atoms with van der Waals surface area (Å²) < 4.78 is 169. The van der Waals surface area contributed by atoms with Crippen LogP contribution >= 0.6 is 0 Å². The topological polar surface area (TPSA) is 80.4 Å². The van der Waals surface area contributed by atoms with E-state index in [2.05, 4.69) is 0 Å². The molecule has 0 amide bonds. The predicted octanol–water partition coefficient (Wildman–Crippen LogP) is 9.15. The van der Waals surface area contributed by atoms with E-state index in [1.165, 1.54) is 19.6 Å². The number of alkyl halides is 9. The quantitative estimate of drug-likeness (QED) is 0.0370. The molecule has 0 aromatic heterocycles. The molecule has 0 N–H and O–H groups in total. The first kappa shape index (κ1) is 46.3. The average molecular weight is 831 g/mol. The van der Waals surface area contributed by atoms with Crippen LogP contribution in [0.3, 0.4) is 0 Å². The standard InChI is InChI=1S/C28H55F9O8Si5/c1-46(2,15-8-13-38-20-24-22-40-24)42-48(5,17-10-26(29,30)31)44-50(7,19-12-28(35,36)37)45-49(6,18-11-27(32,33)34)43-47(3,4)16-9-14-39-21-25-23-41-25/h24-25H,8-23H2,1-7H3. The van der Waals surface area contributed by atoms with Crippen molar-refractivity contribution in [3.8, 4) is 0 Å². The Labute approximate surface area is 295 Å². The Morgan fingerprint density at radius 1 is 0.480 bits per heavy atom. The van der Waals surface area contributed by atoms with Crippen LogP contribution in [0.15, 0.2) is 0 Å². The second kappa shape index (κ2) is 18.6. The summed E-state index contributed by atoms with van der Waals surface area (Å²) in [4.78, 5) is 0. The molecular weight excluding hydrogens is 776 g/mol. The van der Waals surface area contributed by atoms with Gasteiger partial charge >= 0.3 is 44.2 Å². The van der Waals surface area contributed by atoms with E-state index in [-0.39, 0.29) is 12.2 Å². The fourth-order valence-electron chi connectivity index (χ4n) is 5.62. The Morgan fingerprint density at radius 3 is 1.02 bits per heavy atom. The Kier molecular flexibility index (Phi) is 17.3. The van der Waals surface area contributed by atoms with E-state index < -0.39 is 98.2 Å². The summed E-state index contributed by atoms with van der Waals surface area (Å²) >= 11 is 0. The van der Waals surface area contributed by atoms with E-state index >= 15 is 0 Å². The highest BCUT2D eigenvalue weighted by molar-refractivity contribution is 6.91. The maximum Gasteiger partial charge on any atom is 0.389 e. The van der Waals surface area contributed by atoms with Crippen LogP contribution < -0.4 is 0 Å². The van der Waals surface area contributed by atoms with Crippen molar-refractivity contribution in [3.63, 3.8) is 0 Å². The van der Waals surface area contributed by atoms with Crippen LogP contribution in [0.2, 0.25) is 76.0 Å². The fourth-order valence-corrected chi connectivity index (χ4v) is 31.4. The van der Waals surface area contributed by atoms with Crippen LogP contribution in [0, 0.1) is 0 Å². The van der Waals surface area contributed by atoms with Crippen LogP contribution in [0.4, 0.5) is 39.5 Å². The SMILES string of the molecule is C[Si](C)(CCCOCC1CO1)O[Si](C)(CCC(F)(F)F)O[Si](C)(CCC(F)(F)F)O[Si](C)(CCC(F)(F)F)O[Si](C)(C)CCCOCC1CO1. The molecule has 0 saturated carbocycles. The van der Waals surface area contributed by atoms with E-state index in [0.29, 0.717) is 64.6 Å². The summed E-state index contributed by atoms with van der Waals surface area (Å²) in [6.45, 7) is 14.0. The molecule has 298 valence electrons. The molecule has 0 radical (unpaired) electrons. The first-order chi connectivity index (χ1) is 22.6. The minimum absolute atomic E-state index is 0.0615. The monoisotopic (exact) mass is 830 g/mol. The molecule has 2 heterocycles. The molecule has 50 heavy (non-hydrogen) atoms. The Hall–Kier alpha value is 0.134. The van der Waals surface area contributed by atoms with Crippen molar-refractivity contribution in [1.82, 2.24) is 0 Å². The van der Waals surface area contributed by atoms with Gasteiger partial charge in [0, 0.05) is 32.5 Å². The van der Waals surface area contributed by atoms with Crippen molar-refractivity contribution in [1.29, 1.82) is 0 Å². The first-order valence-electron chi connectivity index (χ1n) is 17.0. The van der Waals surface area contributed by atoms with Crippen molar-refractivity contribution < 1.29 is 74.9 Å². The maximum atomic E-state index is 13.7. The largest absolute Gasteiger partial charge is 0.436 e. The lowest BCUT2D eigenvalue weighted by atomic mass is 10.5. The van der Waals surface area contributed by atoms with Crippen LogP contribution in [-0.2, 0) is 35.4 Å². The molecule has 8 nitrogen and oxygen atoms in total. The van der Waals surface area contributed by atoms with E-state index in [1.54, 1.807) is 26.2 Å². The minimum atomic E-state index is -4.68. The number of epoxide rings is 2. The second-order valence-electron chi connectivity index (χ2n) is 14.9. The van der Waals surface area contributed by atoms with Crippen molar-refractivity contribution in [2.24, 2.45) is 0 Å². The summed E-state index contributed by atoms with van der Waals surface area (Å²) in [5.41, 5.74) is 0. The highest BCUT2D eigenvalue weighted by atomic mass is 28.5. The lowest BCUT2D eigenvalue weighted by Gasteiger charge is -2.46. The number of rotatable bonds is 26. The molecular formula is C28H55F9O8Si5. The molecule has 0 aliphatic carbocycles. The highest BCUT2D eigenvalue weighted by Gasteiger charge is 2.53. The molecule has 2 aliphatic rings. The van der Waals surface area contributed by atoms with E-state index in [4.69, 9.17) is 35.4 Å². The Balaban J connectivity index is 2.33. The van der Waals surface area contributed by atoms with Gasteiger partial charge in [-0.3, -0.25) is 0 Å². The van der Waals surface area contributed by atoms with E-state index in [1.807, 2.05) is 0 Å². The smallest absolute Gasteiger partial charge is 0.389 e. The van der Waals surface area contributed by atoms with Crippen LogP contribution in [0.25, 0.3) is 0 Å². The molecule has 0 aromatic carbocycles. The summed E-state index contributed by atoms with van der Waals surface area (Å²) in [6.07, 6.45) is -16.7. The number of ether oxygens (including phenoxy) is 4. The Morgan fingerprint density at radius 2 is 0.760 bits per heavy atom. The average Bonchev–Trinajstić information content (AvgIpc) is 3.84. The van der Waals surface area contributed by atoms with Gasteiger partial charge in [0.2, 0.25) is 0 Å². The van der Waals surface area contributed by atoms with Gasteiger partial charge in [0.15, 0.2) is 16.6 Å². The summed E-state index contributed by atoms with van der Waals surface area (Å²) in [5, 5.41) is 0. The predicted molar refractivity (Wildman–Crippen MR) is 181 cm³/mol. The van der Waals surface area contributed by atoms with Gasteiger partial charge in [0.1, 0.15) is 12.2 Å². The third-order valence-electron chi connectivity index (χ3n) is 7.98. The molecule has 2 rings (SSSR count). The van der Waals surface area contributed by atoms with Crippen LogP contribution in [0.1, 0.15) is 32.1 Å². The highest BCUT2D eigenvalue weighted by Crippen LogP contribution is 2.39. The molecule has 4 unspecified atom stereocenters. The molecule has 2 aliphatic heterocycles. The molecule has 2 fully saturated rings. The zero-order valence-electron chi connectivity index (χ0n) is 30.1. The lowest BCUT2D eigenvalue weighted by molar-refractivity contribution is -0.132. The second-order valence-corrected chi connectivity index (χ2v) is 34.5. The molecule has 0 bridgehead atoms. The van der Waals surface area contributed by atoms with Crippen LogP contribution in [0.5, 0.6) is 0 Å². The molecule has 0 spiro atoms. The normalized spacial score (nSPS) is 22.6. The third-order valence-corrected chi connectivity index (χ3v) is 29.4. The number of hydrogen-bond donors (Lipinski definition) is 0. The van der Waals surface area contributed by atoms with Gasteiger partial charge in [-0.25, -0.2) is 0 Å². The minimum Gasteiger partial charge on any atom is -0.436 e. The zero-order valence-corrected chi connectivity index (χ0v) is 35.1. The zero-order chi connectivity index (χ0) is 38.1. The molecule has 0 aromatic rings. The van der Waals surface area contributed by atoms with Gasteiger partial charge in [0.05, 0.1) is 26.4 Å².